The van der Waals surface area contributed by atoms with Gasteiger partial charge in [0.1, 0.15) is 0 Å². The third-order valence-corrected chi connectivity index (χ3v) is 2.01. The molecule has 3 N–H and O–H groups in total. The highest BCUT2D eigenvalue weighted by Gasteiger charge is 2.14. The van der Waals surface area contributed by atoms with E-state index in [-0.39, 0.29) is 12.0 Å². The lowest BCUT2D eigenvalue weighted by molar-refractivity contribution is 0.0695. The van der Waals surface area contributed by atoms with Crippen molar-refractivity contribution in [2.75, 3.05) is 6.67 Å². The summed E-state index contributed by atoms with van der Waals surface area (Å²) in [6, 6.07) is 5.85. The zero-order valence-electron chi connectivity index (χ0n) is 7.61. The number of carboxylic acid groups (broad SMARTS) is 1. The van der Waals surface area contributed by atoms with E-state index in [1.807, 2.05) is 0 Å². The molecule has 1 aromatic carbocycles. The van der Waals surface area contributed by atoms with E-state index in [4.69, 9.17) is 10.8 Å². The van der Waals surface area contributed by atoms with Crippen molar-refractivity contribution in [2.24, 2.45) is 5.73 Å². The van der Waals surface area contributed by atoms with Crippen LogP contribution >= 0.6 is 0 Å². The molecule has 0 amide bonds. The van der Waals surface area contributed by atoms with Crippen LogP contribution in [0.2, 0.25) is 0 Å². The zero-order chi connectivity index (χ0) is 10.6. The molecule has 3 nitrogen and oxygen atoms in total. The summed E-state index contributed by atoms with van der Waals surface area (Å²) < 4.78 is 12.0. The summed E-state index contributed by atoms with van der Waals surface area (Å²) in [4.78, 5) is 10.8. The van der Waals surface area contributed by atoms with Crippen molar-refractivity contribution in [3.8, 4) is 0 Å². The maximum atomic E-state index is 12.0. The van der Waals surface area contributed by atoms with Crippen molar-refractivity contribution in [1.82, 2.24) is 0 Å². The number of rotatable bonds is 4. The number of hydrogen-bond acceptors (Lipinski definition) is 2. The lowest BCUT2D eigenvalue weighted by atomic mass is 9.99. The minimum atomic E-state index is -1.03. The maximum Gasteiger partial charge on any atom is 0.336 e. The van der Waals surface area contributed by atoms with Gasteiger partial charge in [-0.15, -0.1) is 0 Å². The Balaban J connectivity index is 3.00. The van der Waals surface area contributed by atoms with Crippen molar-refractivity contribution in [3.63, 3.8) is 0 Å². The van der Waals surface area contributed by atoms with Crippen LogP contribution in [0.4, 0.5) is 4.39 Å². The van der Waals surface area contributed by atoms with E-state index in [1.54, 1.807) is 18.2 Å². The van der Waals surface area contributed by atoms with Crippen molar-refractivity contribution < 1.29 is 14.3 Å². The summed E-state index contributed by atoms with van der Waals surface area (Å²) in [6.45, 7) is -0.547. The lowest BCUT2D eigenvalue weighted by Crippen LogP contribution is -2.15. The third kappa shape index (κ3) is 2.29. The lowest BCUT2D eigenvalue weighted by Gasteiger charge is -2.12. The Labute approximate surface area is 81.4 Å². The molecule has 0 heterocycles. The van der Waals surface area contributed by atoms with Crippen molar-refractivity contribution >= 4 is 5.97 Å². The smallest absolute Gasteiger partial charge is 0.336 e. The van der Waals surface area contributed by atoms with E-state index in [1.165, 1.54) is 6.07 Å². The molecule has 0 bridgehead atoms. The van der Waals surface area contributed by atoms with Gasteiger partial charge in [-0.1, -0.05) is 18.2 Å². The monoisotopic (exact) mass is 197 g/mol. The Morgan fingerprint density at radius 3 is 2.71 bits per heavy atom. The van der Waals surface area contributed by atoms with E-state index in [0.717, 1.165) is 0 Å². The molecule has 0 unspecified atom stereocenters. The predicted molar refractivity (Wildman–Crippen MR) is 50.9 cm³/mol. The number of alkyl halides is 1. The molecule has 0 saturated carbocycles. The molecule has 76 valence electrons. The van der Waals surface area contributed by atoms with Crippen LogP contribution in [0.1, 0.15) is 28.4 Å². The second-order valence-corrected chi connectivity index (χ2v) is 2.98. The number of benzene rings is 1. The Morgan fingerprint density at radius 2 is 2.14 bits per heavy atom. The van der Waals surface area contributed by atoms with Crippen LogP contribution in [0, 0.1) is 0 Å². The van der Waals surface area contributed by atoms with Gasteiger partial charge in [-0.2, -0.15) is 0 Å². The summed E-state index contributed by atoms with van der Waals surface area (Å²) in [7, 11) is 0. The molecule has 14 heavy (non-hydrogen) atoms. The Bertz CT molecular complexity index is 328. The van der Waals surface area contributed by atoms with Crippen LogP contribution < -0.4 is 5.73 Å². The van der Waals surface area contributed by atoms with Gasteiger partial charge < -0.3 is 10.8 Å². The first kappa shape index (κ1) is 10.7. The van der Waals surface area contributed by atoms with E-state index < -0.39 is 18.7 Å². The van der Waals surface area contributed by atoms with Gasteiger partial charge in [0.2, 0.25) is 0 Å². The maximum absolute atomic E-state index is 12.0. The number of hydrogen-bond donors (Lipinski definition) is 2. The molecule has 1 aromatic rings. The van der Waals surface area contributed by atoms with Crippen molar-refractivity contribution in [3.05, 3.63) is 35.4 Å². The molecule has 0 aromatic heterocycles. The first-order valence-corrected chi connectivity index (χ1v) is 4.30. The summed E-state index contributed by atoms with van der Waals surface area (Å²) in [5, 5.41) is 8.83. The van der Waals surface area contributed by atoms with Crippen molar-refractivity contribution in [2.45, 2.75) is 12.5 Å². The number of nitrogens with two attached hydrogens (primary N) is 1. The Morgan fingerprint density at radius 1 is 1.50 bits per heavy atom. The fourth-order valence-electron chi connectivity index (χ4n) is 1.29. The van der Waals surface area contributed by atoms with Crippen LogP contribution in [-0.2, 0) is 0 Å². The highest BCUT2D eigenvalue weighted by atomic mass is 19.1. The standard InChI is InChI=1S/C10H12FNO2/c11-6-5-9(12)7-3-1-2-4-8(7)10(13)14/h1-4,9H,5-6,12H2,(H,13,14)/t9-/m1/s1. The van der Waals surface area contributed by atoms with Gasteiger partial charge in [0.05, 0.1) is 12.2 Å². The van der Waals surface area contributed by atoms with Crippen LogP contribution in [0.15, 0.2) is 24.3 Å². The topological polar surface area (TPSA) is 63.3 Å². The molecule has 0 radical (unpaired) electrons. The highest BCUT2D eigenvalue weighted by molar-refractivity contribution is 5.89. The molecule has 0 aliphatic carbocycles. The van der Waals surface area contributed by atoms with Gasteiger partial charge in [0.25, 0.3) is 0 Å². The van der Waals surface area contributed by atoms with Crippen LogP contribution in [0.25, 0.3) is 0 Å². The number of halogens is 1. The molecule has 0 aliphatic rings. The third-order valence-electron chi connectivity index (χ3n) is 2.01. The fraction of sp³-hybridized carbons (Fsp3) is 0.300. The minimum absolute atomic E-state index is 0.143. The fourth-order valence-corrected chi connectivity index (χ4v) is 1.29. The average molecular weight is 197 g/mol. The van der Waals surface area contributed by atoms with Gasteiger partial charge >= 0.3 is 5.97 Å². The van der Waals surface area contributed by atoms with Gasteiger partial charge in [0, 0.05) is 6.04 Å². The van der Waals surface area contributed by atoms with Gasteiger partial charge in [0.15, 0.2) is 0 Å². The van der Waals surface area contributed by atoms with Gasteiger partial charge in [-0.3, -0.25) is 4.39 Å². The SMILES string of the molecule is N[C@H](CCF)c1ccccc1C(=O)O. The first-order valence-electron chi connectivity index (χ1n) is 4.30. The Kier molecular flexibility index (Phi) is 3.59. The van der Waals surface area contributed by atoms with E-state index in [0.29, 0.717) is 5.56 Å². The van der Waals surface area contributed by atoms with Crippen molar-refractivity contribution in [1.29, 1.82) is 0 Å². The molecule has 1 atom stereocenters. The van der Waals surface area contributed by atoms with Crippen LogP contribution in [0.5, 0.6) is 0 Å². The molecule has 0 fully saturated rings. The molecular weight excluding hydrogens is 185 g/mol. The summed E-state index contributed by atoms with van der Waals surface area (Å²) in [5.74, 6) is -1.03. The summed E-state index contributed by atoms with van der Waals surface area (Å²) in [6.07, 6.45) is 0.143. The van der Waals surface area contributed by atoms with Crippen LogP contribution in [-0.4, -0.2) is 17.8 Å². The molecule has 4 heteroatoms. The summed E-state index contributed by atoms with van der Waals surface area (Å²) >= 11 is 0. The average Bonchev–Trinajstić information content (AvgIpc) is 2.18. The minimum Gasteiger partial charge on any atom is -0.478 e. The number of aromatic carboxylic acids is 1. The molecule has 0 saturated heterocycles. The van der Waals surface area contributed by atoms with Gasteiger partial charge in [-0.25, -0.2) is 4.79 Å². The Hall–Kier alpha value is -1.42. The van der Waals surface area contributed by atoms with E-state index in [9.17, 15) is 9.18 Å². The molecule has 0 spiro atoms. The second-order valence-electron chi connectivity index (χ2n) is 2.98. The summed E-state index contributed by atoms with van der Waals surface area (Å²) in [5.41, 5.74) is 6.27. The number of carboxylic acids is 1. The van der Waals surface area contributed by atoms with E-state index in [2.05, 4.69) is 0 Å². The normalized spacial score (nSPS) is 12.4. The first-order chi connectivity index (χ1) is 6.66. The molecule has 0 aliphatic heterocycles. The van der Waals surface area contributed by atoms with Crippen LogP contribution in [0.3, 0.4) is 0 Å². The zero-order valence-corrected chi connectivity index (χ0v) is 7.61. The molecule has 1 rings (SSSR count). The van der Waals surface area contributed by atoms with E-state index >= 15 is 0 Å². The predicted octanol–water partition coefficient (Wildman–Crippen LogP) is 1.74. The second kappa shape index (κ2) is 4.72. The highest BCUT2D eigenvalue weighted by Crippen LogP contribution is 2.18. The quantitative estimate of drug-likeness (QED) is 0.772. The molecular formula is C10H12FNO2. The van der Waals surface area contributed by atoms with Gasteiger partial charge in [-0.05, 0) is 18.1 Å². The number of carbonyl (C=O) groups is 1. The largest absolute Gasteiger partial charge is 0.478 e.